The lowest BCUT2D eigenvalue weighted by Crippen LogP contribution is -2.42. The molecule has 23 heavy (non-hydrogen) atoms. The average molecular weight is 325 g/mol. The maximum atomic E-state index is 13.7. The van der Waals surface area contributed by atoms with E-state index in [-0.39, 0.29) is 18.0 Å². The molecule has 126 valence electrons. The molecule has 1 atom stereocenters. The van der Waals surface area contributed by atoms with Crippen molar-refractivity contribution in [2.75, 3.05) is 5.32 Å². The monoisotopic (exact) mass is 325 g/mol. The number of benzene rings is 1. The van der Waals surface area contributed by atoms with Gasteiger partial charge in [-0.2, -0.15) is 0 Å². The standard InChI is InChI=1S/C17H21F2NO3/c1-17(10-15(21)22,11-5-3-2-4-6-11)16(23)20-14-9-12(18)7-8-13(14)19/h7-9,11H,2-6,10H2,1H3,(H,20,23)(H,21,22). The summed E-state index contributed by atoms with van der Waals surface area (Å²) in [4.78, 5) is 23.9. The fourth-order valence-corrected chi connectivity index (χ4v) is 3.32. The Bertz CT molecular complexity index is 600. The molecular weight excluding hydrogens is 304 g/mol. The number of carbonyl (C=O) groups is 2. The number of carboxylic acids is 1. The summed E-state index contributed by atoms with van der Waals surface area (Å²) < 4.78 is 27.0. The van der Waals surface area contributed by atoms with Crippen molar-refractivity contribution in [1.82, 2.24) is 0 Å². The Morgan fingerprint density at radius 1 is 1.26 bits per heavy atom. The molecular formula is C17H21F2NO3. The van der Waals surface area contributed by atoms with Crippen LogP contribution in [0.1, 0.15) is 45.4 Å². The molecule has 1 saturated carbocycles. The van der Waals surface area contributed by atoms with Crippen molar-refractivity contribution in [2.24, 2.45) is 11.3 Å². The van der Waals surface area contributed by atoms with E-state index in [9.17, 15) is 23.5 Å². The van der Waals surface area contributed by atoms with Gasteiger partial charge in [0, 0.05) is 6.07 Å². The van der Waals surface area contributed by atoms with Gasteiger partial charge in [-0.05, 0) is 37.8 Å². The first-order valence-electron chi connectivity index (χ1n) is 7.81. The number of hydrogen-bond donors (Lipinski definition) is 2. The molecule has 1 amide bonds. The third-order valence-corrected chi connectivity index (χ3v) is 4.72. The van der Waals surface area contributed by atoms with E-state index in [0.29, 0.717) is 0 Å². The number of hydrogen-bond acceptors (Lipinski definition) is 2. The van der Waals surface area contributed by atoms with Crippen molar-refractivity contribution in [1.29, 1.82) is 0 Å². The lowest BCUT2D eigenvalue weighted by atomic mass is 9.67. The summed E-state index contributed by atoms with van der Waals surface area (Å²) in [5.74, 6) is -3.14. The molecule has 1 aromatic carbocycles. The van der Waals surface area contributed by atoms with Crippen molar-refractivity contribution in [3.8, 4) is 0 Å². The van der Waals surface area contributed by atoms with Crippen molar-refractivity contribution < 1.29 is 23.5 Å². The molecule has 1 unspecified atom stereocenters. The minimum Gasteiger partial charge on any atom is -0.481 e. The molecule has 2 rings (SSSR count). The van der Waals surface area contributed by atoms with Crippen molar-refractivity contribution in [3.63, 3.8) is 0 Å². The van der Waals surface area contributed by atoms with E-state index in [1.54, 1.807) is 6.92 Å². The van der Waals surface area contributed by atoms with Crippen LogP contribution in [0, 0.1) is 23.0 Å². The van der Waals surface area contributed by atoms with Gasteiger partial charge in [-0.15, -0.1) is 0 Å². The summed E-state index contributed by atoms with van der Waals surface area (Å²) >= 11 is 0. The number of amides is 1. The van der Waals surface area contributed by atoms with Crippen LogP contribution in [0.4, 0.5) is 14.5 Å². The van der Waals surface area contributed by atoms with Gasteiger partial charge < -0.3 is 10.4 Å². The molecule has 0 aliphatic heterocycles. The van der Waals surface area contributed by atoms with Gasteiger partial charge in [0.05, 0.1) is 17.5 Å². The third-order valence-electron chi connectivity index (χ3n) is 4.72. The maximum absolute atomic E-state index is 13.7. The molecule has 1 aliphatic rings. The van der Waals surface area contributed by atoms with E-state index in [0.717, 1.165) is 50.3 Å². The number of aliphatic carboxylic acids is 1. The Morgan fingerprint density at radius 2 is 1.91 bits per heavy atom. The number of carboxylic acid groups (broad SMARTS) is 1. The van der Waals surface area contributed by atoms with E-state index >= 15 is 0 Å². The summed E-state index contributed by atoms with van der Waals surface area (Å²) in [6.07, 6.45) is 4.16. The first kappa shape index (κ1) is 17.4. The fraction of sp³-hybridized carbons (Fsp3) is 0.529. The van der Waals surface area contributed by atoms with Crippen LogP contribution >= 0.6 is 0 Å². The highest BCUT2D eigenvalue weighted by Crippen LogP contribution is 2.42. The normalized spacial score (nSPS) is 18.2. The van der Waals surface area contributed by atoms with Gasteiger partial charge in [-0.3, -0.25) is 9.59 Å². The van der Waals surface area contributed by atoms with E-state index < -0.39 is 28.9 Å². The molecule has 0 saturated heterocycles. The van der Waals surface area contributed by atoms with Crippen molar-refractivity contribution in [2.45, 2.75) is 45.4 Å². The molecule has 1 aliphatic carbocycles. The van der Waals surface area contributed by atoms with Gasteiger partial charge in [0.15, 0.2) is 0 Å². The average Bonchev–Trinajstić information content (AvgIpc) is 2.51. The van der Waals surface area contributed by atoms with Crippen LogP contribution in [0.2, 0.25) is 0 Å². The number of rotatable bonds is 5. The largest absolute Gasteiger partial charge is 0.481 e. The molecule has 0 aromatic heterocycles. The molecule has 0 spiro atoms. The Kier molecular flexibility index (Phi) is 5.34. The second-order valence-electron chi connectivity index (χ2n) is 6.40. The molecule has 1 aromatic rings. The van der Waals surface area contributed by atoms with E-state index in [2.05, 4.69) is 5.32 Å². The maximum Gasteiger partial charge on any atom is 0.304 e. The number of halogens is 2. The Hall–Kier alpha value is -1.98. The second kappa shape index (κ2) is 7.06. The number of nitrogens with one attached hydrogen (secondary N) is 1. The Balaban J connectivity index is 2.25. The van der Waals surface area contributed by atoms with Gasteiger partial charge in [-0.1, -0.05) is 19.3 Å². The molecule has 1 fully saturated rings. The molecule has 2 N–H and O–H groups in total. The van der Waals surface area contributed by atoms with Crippen LogP contribution < -0.4 is 5.32 Å². The van der Waals surface area contributed by atoms with Crippen molar-refractivity contribution >= 4 is 17.6 Å². The highest BCUT2D eigenvalue weighted by Gasteiger charge is 2.43. The molecule has 6 heteroatoms. The highest BCUT2D eigenvalue weighted by atomic mass is 19.1. The molecule has 0 heterocycles. The van der Waals surface area contributed by atoms with Crippen LogP contribution in [0.3, 0.4) is 0 Å². The Labute approximate surface area is 133 Å². The van der Waals surface area contributed by atoms with Crippen LogP contribution in [0.25, 0.3) is 0 Å². The number of anilines is 1. The molecule has 4 nitrogen and oxygen atoms in total. The topological polar surface area (TPSA) is 66.4 Å². The fourth-order valence-electron chi connectivity index (χ4n) is 3.32. The lowest BCUT2D eigenvalue weighted by Gasteiger charge is -2.37. The summed E-state index contributed by atoms with van der Waals surface area (Å²) in [6, 6.07) is 2.79. The zero-order valence-corrected chi connectivity index (χ0v) is 13.1. The summed E-state index contributed by atoms with van der Waals surface area (Å²) in [6.45, 7) is 1.60. The third kappa shape index (κ3) is 4.06. The second-order valence-corrected chi connectivity index (χ2v) is 6.40. The van der Waals surface area contributed by atoms with Crippen LogP contribution in [-0.2, 0) is 9.59 Å². The first-order chi connectivity index (χ1) is 10.8. The highest BCUT2D eigenvalue weighted by molar-refractivity contribution is 5.97. The summed E-state index contributed by atoms with van der Waals surface area (Å²) in [5.41, 5.74) is -1.41. The Morgan fingerprint density at radius 3 is 2.52 bits per heavy atom. The zero-order valence-electron chi connectivity index (χ0n) is 13.1. The van der Waals surface area contributed by atoms with Crippen molar-refractivity contribution in [3.05, 3.63) is 29.8 Å². The SMILES string of the molecule is CC(CC(=O)O)(C(=O)Nc1cc(F)ccc1F)C1CCCCC1. The van der Waals surface area contributed by atoms with E-state index in [1.165, 1.54) is 0 Å². The van der Waals surface area contributed by atoms with E-state index in [1.807, 2.05) is 0 Å². The molecule has 0 bridgehead atoms. The smallest absolute Gasteiger partial charge is 0.304 e. The van der Waals surface area contributed by atoms with Crippen LogP contribution in [-0.4, -0.2) is 17.0 Å². The van der Waals surface area contributed by atoms with Crippen LogP contribution in [0.15, 0.2) is 18.2 Å². The summed E-state index contributed by atoms with van der Waals surface area (Å²) in [7, 11) is 0. The van der Waals surface area contributed by atoms with Gasteiger partial charge in [-0.25, -0.2) is 8.78 Å². The van der Waals surface area contributed by atoms with Crippen LogP contribution in [0.5, 0.6) is 0 Å². The quantitative estimate of drug-likeness (QED) is 0.861. The van der Waals surface area contributed by atoms with Gasteiger partial charge in [0.25, 0.3) is 0 Å². The van der Waals surface area contributed by atoms with Gasteiger partial charge in [0.1, 0.15) is 11.6 Å². The summed E-state index contributed by atoms with van der Waals surface area (Å²) in [5, 5.41) is 11.6. The minimum absolute atomic E-state index is 0.0797. The van der Waals surface area contributed by atoms with Gasteiger partial charge in [0.2, 0.25) is 5.91 Å². The van der Waals surface area contributed by atoms with E-state index in [4.69, 9.17) is 0 Å². The number of carbonyl (C=O) groups excluding carboxylic acids is 1. The molecule has 0 radical (unpaired) electrons. The predicted molar refractivity (Wildman–Crippen MR) is 81.9 cm³/mol. The van der Waals surface area contributed by atoms with Gasteiger partial charge >= 0.3 is 5.97 Å². The predicted octanol–water partition coefficient (Wildman–Crippen LogP) is 3.96. The lowest BCUT2D eigenvalue weighted by molar-refractivity contribution is -0.145. The zero-order chi connectivity index (χ0) is 17.0. The minimum atomic E-state index is -1.15. The first-order valence-corrected chi connectivity index (χ1v) is 7.81.